The van der Waals surface area contributed by atoms with Crippen molar-refractivity contribution in [2.45, 2.75) is 62.8 Å². The van der Waals surface area contributed by atoms with Gasteiger partial charge in [-0.3, -0.25) is 0 Å². The van der Waals surface area contributed by atoms with Crippen molar-refractivity contribution in [1.82, 2.24) is 5.32 Å². The van der Waals surface area contributed by atoms with Crippen molar-refractivity contribution < 1.29 is 0 Å². The highest BCUT2D eigenvalue weighted by molar-refractivity contribution is 7.99. The molecule has 1 heterocycles. The second-order valence-corrected chi connectivity index (χ2v) is 5.96. The second-order valence-electron chi connectivity index (χ2n) is 4.47. The predicted molar refractivity (Wildman–Crippen MR) is 60.3 cm³/mol. The van der Waals surface area contributed by atoms with Gasteiger partial charge in [-0.2, -0.15) is 11.8 Å². The molecule has 0 amide bonds. The molecule has 0 radical (unpaired) electrons. The SMILES string of the molecule is CC1SCCCC1NC1CCCC1. The standard InChI is InChI=1S/C11H21NS/c1-9-11(7-4-8-13-9)12-10-5-2-3-6-10/h9-12H,2-8H2,1H3. The van der Waals surface area contributed by atoms with Gasteiger partial charge in [0.15, 0.2) is 0 Å². The first-order valence-corrected chi connectivity index (χ1v) is 6.79. The first kappa shape index (κ1) is 9.85. The smallest absolute Gasteiger partial charge is 0.0186 e. The van der Waals surface area contributed by atoms with Crippen LogP contribution in [-0.4, -0.2) is 23.1 Å². The van der Waals surface area contributed by atoms with E-state index in [1.54, 1.807) is 0 Å². The molecule has 1 N–H and O–H groups in total. The Kier molecular flexibility index (Phi) is 3.56. The van der Waals surface area contributed by atoms with Gasteiger partial charge in [-0.25, -0.2) is 0 Å². The van der Waals surface area contributed by atoms with Crippen LogP contribution in [0, 0.1) is 0 Å². The van der Waals surface area contributed by atoms with Crippen molar-refractivity contribution in [2.75, 3.05) is 5.75 Å². The maximum atomic E-state index is 3.85. The zero-order valence-corrected chi connectivity index (χ0v) is 9.41. The highest BCUT2D eigenvalue weighted by atomic mass is 32.2. The van der Waals surface area contributed by atoms with Crippen molar-refractivity contribution in [1.29, 1.82) is 0 Å². The summed E-state index contributed by atoms with van der Waals surface area (Å²) in [7, 11) is 0. The van der Waals surface area contributed by atoms with Gasteiger partial charge in [-0.15, -0.1) is 0 Å². The fourth-order valence-corrected chi connectivity index (χ4v) is 3.69. The molecule has 1 aliphatic heterocycles. The van der Waals surface area contributed by atoms with Gasteiger partial charge in [0.05, 0.1) is 0 Å². The van der Waals surface area contributed by atoms with Crippen LogP contribution in [0.5, 0.6) is 0 Å². The Morgan fingerprint density at radius 2 is 1.85 bits per heavy atom. The van der Waals surface area contributed by atoms with Crippen LogP contribution in [0.1, 0.15) is 45.4 Å². The van der Waals surface area contributed by atoms with Gasteiger partial charge in [-0.1, -0.05) is 19.8 Å². The van der Waals surface area contributed by atoms with Crippen molar-refractivity contribution in [3.63, 3.8) is 0 Å². The zero-order valence-electron chi connectivity index (χ0n) is 8.59. The van der Waals surface area contributed by atoms with Crippen LogP contribution in [0.15, 0.2) is 0 Å². The summed E-state index contributed by atoms with van der Waals surface area (Å²) in [5.74, 6) is 1.38. The van der Waals surface area contributed by atoms with Crippen molar-refractivity contribution in [2.24, 2.45) is 0 Å². The topological polar surface area (TPSA) is 12.0 Å². The minimum atomic E-state index is 0.807. The summed E-state index contributed by atoms with van der Waals surface area (Å²) >= 11 is 2.15. The molecule has 2 fully saturated rings. The van der Waals surface area contributed by atoms with E-state index < -0.39 is 0 Å². The average Bonchev–Trinajstić information content (AvgIpc) is 2.61. The Bertz CT molecular complexity index is 154. The van der Waals surface area contributed by atoms with E-state index in [4.69, 9.17) is 0 Å². The maximum Gasteiger partial charge on any atom is 0.0186 e. The molecule has 0 aromatic heterocycles. The third kappa shape index (κ3) is 2.63. The normalized spacial score (nSPS) is 36.7. The van der Waals surface area contributed by atoms with E-state index in [-0.39, 0.29) is 0 Å². The molecule has 13 heavy (non-hydrogen) atoms. The van der Waals surface area contributed by atoms with Crippen LogP contribution in [-0.2, 0) is 0 Å². The van der Waals surface area contributed by atoms with Crippen LogP contribution in [0.3, 0.4) is 0 Å². The van der Waals surface area contributed by atoms with E-state index in [0.717, 1.165) is 17.3 Å². The van der Waals surface area contributed by atoms with E-state index in [1.165, 1.54) is 44.3 Å². The van der Waals surface area contributed by atoms with Gasteiger partial charge in [0.25, 0.3) is 0 Å². The van der Waals surface area contributed by atoms with Crippen LogP contribution in [0.25, 0.3) is 0 Å². The average molecular weight is 199 g/mol. The number of nitrogens with one attached hydrogen (secondary N) is 1. The first-order chi connectivity index (χ1) is 6.36. The summed E-state index contributed by atoms with van der Waals surface area (Å²) in [6.45, 7) is 2.39. The summed E-state index contributed by atoms with van der Waals surface area (Å²) in [5.41, 5.74) is 0. The molecule has 1 aliphatic carbocycles. The Hall–Kier alpha value is 0.310. The van der Waals surface area contributed by atoms with Crippen molar-refractivity contribution >= 4 is 11.8 Å². The molecular weight excluding hydrogens is 178 g/mol. The molecule has 1 nitrogen and oxygen atoms in total. The number of rotatable bonds is 2. The van der Waals surface area contributed by atoms with E-state index >= 15 is 0 Å². The third-order valence-corrected chi connectivity index (χ3v) is 4.79. The summed E-state index contributed by atoms with van der Waals surface area (Å²) in [6, 6.07) is 1.66. The van der Waals surface area contributed by atoms with E-state index in [0.29, 0.717) is 0 Å². The minimum absolute atomic E-state index is 0.807. The maximum absolute atomic E-state index is 3.85. The molecule has 0 aromatic rings. The van der Waals surface area contributed by atoms with Crippen molar-refractivity contribution in [3.05, 3.63) is 0 Å². The molecule has 2 unspecified atom stereocenters. The summed E-state index contributed by atoms with van der Waals surface area (Å²) in [5, 5.41) is 4.69. The summed E-state index contributed by atoms with van der Waals surface area (Å²) in [6.07, 6.45) is 8.57. The molecule has 0 bridgehead atoms. The largest absolute Gasteiger partial charge is 0.310 e. The van der Waals surface area contributed by atoms with Gasteiger partial charge >= 0.3 is 0 Å². The predicted octanol–water partition coefficient (Wildman–Crippen LogP) is 2.80. The van der Waals surface area contributed by atoms with Crippen molar-refractivity contribution in [3.8, 4) is 0 Å². The molecule has 0 spiro atoms. The minimum Gasteiger partial charge on any atom is -0.310 e. The molecule has 0 aromatic carbocycles. The van der Waals surface area contributed by atoms with Gasteiger partial charge in [-0.05, 0) is 31.4 Å². The number of thioether (sulfide) groups is 1. The lowest BCUT2D eigenvalue weighted by atomic mass is 10.1. The zero-order chi connectivity index (χ0) is 9.10. The Morgan fingerprint density at radius 3 is 2.54 bits per heavy atom. The highest BCUT2D eigenvalue weighted by Crippen LogP contribution is 2.27. The van der Waals surface area contributed by atoms with E-state index in [9.17, 15) is 0 Å². The van der Waals surface area contributed by atoms with E-state index in [2.05, 4.69) is 24.0 Å². The second kappa shape index (κ2) is 4.70. The molecule has 2 aliphatic rings. The molecule has 2 heteroatoms. The molecule has 2 atom stereocenters. The lowest BCUT2D eigenvalue weighted by Crippen LogP contribution is -2.44. The molecular formula is C11H21NS. The van der Waals surface area contributed by atoms with Crippen LogP contribution in [0.4, 0.5) is 0 Å². The third-order valence-electron chi connectivity index (χ3n) is 3.41. The number of hydrogen-bond donors (Lipinski definition) is 1. The quantitative estimate of drug-likeness (QED) is 0.734. The van der Waals surface area contributed by atoms with Crippen LogP contribution >= 0.6 is 11.8 Å². The van der Waals surface area contributed by atoms with Gasteiger partial charge in [0.2, 0.25) is 0 Å². The number of hydrogen-bond acceptors (Lipinski definition) is 2. The lowest BCUT2D eigenvalue weighted by molar-refractivity contribution is 0.399. The van der Waals surface area contributed by atoms with Crippen LogP contribution < -0.4 is 5.32 Å². The molecule has 1 saturated carbocycles. The lowest BCUT2D eigenvalue weighted by Gasteiger charge is -2.31. The molecule has 2 rings (SSSR count). The summed E-state index contributed by atoms with van der Waals surface area (Å²) in [4.78, 5) is 0. The Balaban J connectivity index is 1.78. The van der Waals surface area contributed by atoms with Gasteiger partial charge in [0.1, 0.15) is 0 Å². The van der Waals surface area contributed by atoms with Gasteiger partial charge in [0, 0.05) is 17.3 Å². The fraction of sp³-hybridized carbons (Fsp3) is 1.00. The van der Waals surface area contributed by atoms with E-state index in [1.807, 2.05) is 0 Å². The molecule has 76 valence electrons. The fourth-order valence-electron chi connectivity index (χ4n) is 2.54. The Labute approximate surface area is 86.0 Å². The first-order valence-electron chi connectivity index (χ1n) is 5.74. The summed E-state index contributed by atoms with van der Waals surface area (Å²) < 4.78 is 0. The van der Waals surface area contributed by atoms with Crippen LogP contribution in [0.2, 0.25) is 0 Å². The molecule has 1 saturated heterocycles. The van der Waals surface area contributed by atoms with Gasteiger partial charge < -0.3 is 5.32 Å². The highest BCUT2D eigenvalue weighted by Gasteiger charge is 2.25. The monoisotopic (exact) mass is 199 g/mol. The Morgan fingerprint density at radius 1 is 1.08 bits per heavy atom.